The summed E-state index contributed by atoms with van der Waals surface area (Å²) in [5.74, 6) is 3.33. The van der Waals surface area contributed by atoms with E-state index in [1.165, 1.54) is 16.9 Å². The molecule has 0 bridgehead atoms. The minimum atomic E-state index is -0.663. The van der Waals surface area contributed by atoms with E-state index < -0.39 is 12.0 Å². The molecule has 0 saturated heterocycles. The molecule has 2 aromatic carbocycles. The van der Waals surface area contributed by atoms with E-state index >= 15 is 0 Å². The van der Waals surface area contributed by atoms with Crippen molar-refractivity contribution in [1.82, 2.24) is 4.57 Å². The van der Waals surface area contributed by atoms with E-state index in [-0.39, 0.29) is 18.8 Å². The molecule has 0 aliphatic carbocycles. The van der Waals surface area contributed by atoms with Gasteiger partial charge in [0.05, 0.1) is 39.5 Å². The van der Waals surface area contributed by atoms with Gasteiger partial charge in [-0.15, -0.1) is 6.42 Å². The summed E-state index contributed by atoms with van der Waals surface area (Å²) in [6.45, 7) is 10.4. The number of carbonyl (C=O) groups is 1. The Hall–Kier alpha value is -3.61. The Morgan fingerprint density at radius 1 is 1.20 bits per heavy atom. The van der Waals surface area contributed by atoms with Gasteiger partial charge in [-0.25, -0.2) is 9.79 Å². The Kier molecular flexibility index (Phi) is 9.33. The molecule has 0 N–H and O–H groups in total. The minimum absolute atomic E-state index is 0.0942. The normalized spacial score (nSPS) is 14.9. The summed E-state index contributed by atoms with van der Waals surface area (Å²) in [6, 6.07) is 11.0. The van der Waals surface area contributed by atoms with Gasteiger partial charge in [-0.05, 0) is 77.5 Å². The van der Waals surface area contributed by atoms with Crippen LogP contribution in [0.1, 0.15) is 63.3 Å². The molecule has 0 fully saturated rings. The maximum absolute atomic E-state index is 13.9. The molecule has 0 spiro atoms. The number of hydrogen-bond donors (Lipinski definition) is 0. The number of carbonyl (C=O) groups excluding carboxylic acids is 1. The Morgan fingerprint density at radius 2 is 1.93 bits per heavy atom. The fourth-order valence-corrected chi connectivity index (χ4v) is 6.13. The number of thiazole rings is 1. The van der Waals surface area contributed by atoms with Gasteiger partial charge in [-0.2, -0.15) is 0 Å². The smallest absolute Gasteiger partial charge is 0.338 e. The van der Waals surface area contributed by atoms with Crippen molar-refractivity contribution in [1.29, 1.82) is 0 Å². The van der Waals surface area contributed by atoms with Crippen LogP contribution >= 0.6 is 27.3 Å². The Labute approximate surface area is 245 Å². The van der Waals surface area contributed by atoms with Gasteiger partial charge in [0.15, 0.2) is 16.3 Å². The largest absolute Gasteiger partial charge is 0.490 e. The minimum Gasteiger partial charge on any atom is -0.490 e. The second-order valence-corrected chi connectivity index (χ2v) is 11.2. The number of aromatic nitrogens is 1. The average Bonchev–Trinajstić information content (AvgIpc) is 3.21. The molecule has 2 heterocycles. The maximum atomic E-state index is 13.9. The summed E-state index contributed by atoms with van der Waals surface area (Å²) >= 11 is 4.80. The summed E-state index contributed by atoms with van der Waals surface area (Å²) < 4.78 is 19.5. The first-order chi connectivity index (χ1) is 19.2. The molecule has 1 aromatic heterocycles. The number of nitrogens with zero attached hydrogens (tertiary/aromatic N) is 2. The first kappa shape index (κ1) is 29.4. The van der Waals surface area contributed by atoms with Crippen molar-refractivity contribution >= 4 is 39.3 Å². The van der Waals surface area contributed by atoms with E-state index in [1.54, 1.807) is 30.6 Å². The van der Waals surface area contributed by atoms with Gasteiger partial charge >= 0.3 is 5.97 Å². The van der Waals surface area contributed by atoms with Crippen molar-refractivity contribution in [3.8, 4) is 23.8 Å². The second-order valence-electron chi connectivity index (χ2n) is 9.38. The molecular formula is C31H31BrN2O5S. The highest BCUT2D eigenvalue weighted by molar-refractivity contribution is 9.10. The van der Waals surface area contributed by atoms with Crippen molar-refractivity contribution in [2.75, 3.05) is 19.8 Å². The van der Waals surface area contributed by atoms with Crippen molar-refractivity contribution in [2.45, 2.75) is 46.6 Å². The topological polar surface area (TPSA) is 79.1 Å². The molecule has 3 aromatic rings. The van der Waals surface area contributed by atoms with E-state index in [1.807, 2.05) is 37.3 Å². The van der Waals surface area contributed by atoms with Crippen LogP contribution in [0.3, 0.4) is 0 Å². The number of terminal acetylenes is 1. The van der Waals surface area contributed by atoms with Crippen LogP contribution in [-0.4, -0.2) is 30.4 Å². The number of hydrogen-bond acceptors (Lipinski definition) is 7. The molecule has 4 rings (SSSR count). The molecule has 1 atom stereocenters. The zero-order chi connectivity index (χ0) is 29.0. The second kappa shape index (κ2) is 12.7. The summed E-state index contributed by atoms with van der Waals surface area (Å²) in [7, 11) is 0. The van der Waals surface area contributed by atoms with Crippen LogP contribution in [0.25, 0.3) is 6.08 Å². The van der Waals surface area contributed by atoms with Crippen LogP contribution in [0.5, 0.6) is 11.5 Å². The predicted octanol–water partition coefficient (Wildman–Crippen LogP) is 5.09. The molecule has 7 nitrogen and oxygen atoms in total. The number of benzene rings is 2. The number of allylic oxidation sites excluding steroid dienone is 1. The highest BCUT2D eigenvalue weighted by Gasteiger charge is 2.33. The van der Waals surface area contributed by atoms with Gasteiger partial charge in [0.25, 0.3) is 5.56 Å². The average molecular weight is 624 g/mol. The van der Waals surface area contributed by atoms with Gasteiger partial charge in [0.2, 0.25) is 0 Å². The van der Waals surface area contributed by atoms with Crippen LogP contribution in [0, 0.1) is 12.3 Å². The monoisotopic (exact) mass is 622 g/mol. The lowest BCUT2D eigenvalue weighted by atomic mass is 9.93. The summed E-state index contributed by atoms with van der Waals surface area (Å²) in [5.41, 5.74) is 3.34. The Bertz CT molecular complexity index is 1680. The van der Waals surface area contributed by atoms with Gasteiger partial charge in [-0.1, -0.05) is 55.4 Å². The first-order valence-corrected chi connectivity index (χ1v) is 14.6. The lowest BCUT2D eigenvalue weighted by Crippen LogP contribution is -2.39. The zero-order valence-electron chi connectivity index (χ0n) is 23.1. The highest BCUT2D eigenvalue weighted by atomic mass is 79.9. The molecule has 0 amide bonds. The van der Waals surface area contributed by atoms with Crippen LogP contribution in [0.15, 0.2) is 61.9 Å². The number of halogens is 1. The zero-order valence-corrected chi connectivity index (χ0v) is 25.5. The lowest BCUT2D eigenvalue weighted by molar-refractivity contribution is -0.139. The quantitative estimate of drug-likeness (QED) is 0.245. The van der Waals surface area contributed by atoms with Crippen LogP contribution in [-0.2, 0) is 9.53 Å². The highest BCUT2D eigenvalue weighted by Crippen LogP contribution is 2.37. The molecule has 1 unspecified atom stereocenters. The van der Waals surface area contributed by atoms with Crippen LogP contribution < -0.4 is 24.4 Å². The van der Waals surface area contributed by atoms with Crippen molar-refractivity contribution < 1.29 is 19.0 Å². The third-order valence-corrected chi connectivity index (χ3v) is 7.94. The van der Waals surface area contributed by atoms with E-state index in [2.05, 4.69) is 40.7 Å². The SMILES string of the molecule is C#CCOc1c(Br)cc(C=c2sc3n(c2=O)C(c2ccc(C(C)C)cc2)C(C(=O)OCC)=C(C)N=3)cc1OCC. The van der Waals surface area contributed by atoms with Gasteiger partial charge in [0, 0.05) is 0 Å². The van der Waals surface area contributed by atoms with Crippen molar-refractivity contribution in [3.63, 3.8) is 0 Å². The van der Waals surface area contributed by atoms with E-state index in [0.29, 0.717) is 49.1 Å². The lowest BCUT2D eigenvalue weighted by Gasteiger charge is -2.25. The molecular weight excluding hydrogens is 592 g/mol. The maximum Gasteiger partial charge on any atom is 0.338 e. The molecule has 1 aliphatic rings. The van der Waals surface area contributed by atoms with E-state index in [9.17, 15) is 9.59 Å². The number of esters is 1. The fraction of sp³-hybridized carbons (Fsp3) is 0.323. The number of fused-ring (bicyclic) bond motifs is 1. The Morgan fingerprint density at radius 3 is 2.55 bits per heavy atom. The summed E-state index contributed by atoms with van der Waals surface area (Å²) in [4.78, 5) is 32.2. The number of rotatable bonds is 9. The fourth-order valence-electron chi connectivity index (χ4n) is 4.51. The van der Waals surface area contributed by atoms with Crippen molar-refractivity contribution in [3.05, 3.63) is 88.5 Å². The van der Waals surface area contributed by atoms with Gasteiger partial charge in [0.1, 0.15) is 6.61 Å². The Balaban J connectivity index is 1.90. The van der Waals surface area contributed by atoms with Gasteiger partial charge in [-0.3, -0.25) is 9.36 Å². The molecule has 1 aliphatic heterocycles. The molecule has 208 valence electrons. The molecule has 0 saturated carbocycles. The van der Waals surface area contributed by atoms with Crippen LogP contribution in [0.4, 0.5) is 0 Å². The van der Waals surface area contributed by atoms with Crippen molar-refractivity contribution in [2.24, 2.45) is 4.99 Å². The van der Waals surface area contributed by atoms with E-state index in [0.717, 1.165) is 11.1 Å². The third-order valence-electron chi connectivity index (χ3n) is 6.37. The summed E-state index contributed by atoms with van der Waals surface area (Å²) in [6.07, 6.45) is 7.14. The van der Waals surface area contributed by atoms with Crippen LogP contribution in [0.2, 0.25) is 0 Å². The molecule has 9 heteroatoms. The predicted molar refractivity (Wildman–Crippen MR) is 161 cm³/mol. The third kappa shape index (κ3) is 5.93. The standard InChI is InChI=1S/C31H31BrN2O5S/c1-7-14-39-28-23(32)15-20(16-24(28)37-8-2)17-25-29(35)34-27(22-12-10-21(11-13-22)18(4)5)26(30(36)38-9-3)19(6)33-31(34)40-25/h1,10-13,15-18,27H,8-9,14H2,2-6H3. The molecule has 0 radical (unpaired) electrons. The number of ether oxygens (including phenoxy) is 3. The molecule has 40 heavy (non-hydrogen) atoms. The van der Waals surface area contributed by atoms with Gasteiger partial charge < -0.3 is 14.2 Å². The summed E-state index contributed by atoms with van der Waals surface area (Å²) in [5, 5.41) is 0. The first-order valence-electron chi connectivity index (χ1n) is 13.0. The van der Waals surface area contributed by atoms with E-state index in [4.69, 9.17) is 20.6 Å².